The Kier molecular flexibility index (Phi) is 4.69. The Hall–Kier alpha value is -2.39. The zero-order valence-electron chi connectivity index (χ0n) is 10.8. The van der Waals surface area contributed by atoms with Crippen LogP contribution in [0.1, 0.15) is 28.9 Å². The molecule has 6 heteroatoms. The standard InChI is InChI=1S/C14H15N3O3/c18-6-2-1-3-10-4-5-12(15-8-10)14(20)17-11-7-13(19)16-9-11/h4-5,8,11,18H,2,6-7,9H2,(H,16,19)(H,17,20). The zero-order chi connectivity index (χ0) is 14.4. The molecule has 0 radical (unpaired) electrons. The molecule has 1 atom stereocenters. The van der Waals surface area contributed by atoms with Gasteiger partial charge in [0, 0.05) is 31.1 Å². The molecule has 1 fully saturated rings. The highest BCUT2D eigenvalue weighted by atomic mass is 16.2. The highest BCUT2D eigenvalue weighted by Crippen LogP contribution is 2.03. The summed E-state index contributed by atoms with van der Waals surface area (Å²) in [5.41, 5.74) is 0.977. The Morgan fingerprint density at radius 1 is 1.55 bits per heavy atom. The summed E-state index contributed by atoms with van der Waals surface area (Å²) in [6.07, 6.45) is 2.22. The highest BCUT2D eigenvalue weighted by Gasteiger charge is 2.23. The number of nitrogens with zero attached hydrogens (tertiary/aromatic N) is 1. The van der Waals surface area contributed by atoms with Crippen molar-refractivity contribution in [1.82, 2.24) is 15.6 Å². The maximum Gasteiger partial charge on any atom is 0.270 e. The van der Waals surface area contributed by atoms with E-state index in [1.165, 1.54) is 6.20 Å². The van der Waals surface area contributed by atoms with Crippen LogP contribution in [0.2, 0.25) is 0 Å². The maximum absolute atomic E-state index is 11.9. The number of hydrogen-bond acceptors (Lipinski definition) is 4. The molecule has 1 aliphatic rings. The van der Waals surface area contributed by atoms with Crippen molar-refractivity contribution < 1.29 is 14.7 Å². The van der Waals surface area contributed by atoms with Crippen LogP contribution in [0.3, 0.4) is 0 Å². The van der Waals surface area contributed by atoms with Gasteiger partial charge < -0.3 is 15.7 Å². The van der Waals surface area contributed by atoms with Crippen LogP contribution in [0, 0.1) is 11.8 Å². The molecule has 2 amide bonds. The Morgan fingerprint density at radius 2 is 2.40 bits per heavy atom. The summed E-state index contributed by atoms with van der Waals surface area (Å²) in [5, 5.41) is 14.0. The molecule has 1 unspecified atom stereocenters. The molecule has 20 heavy (non-hydrogen) atoms. The van der Waals surface area contributed by atoms with Crippen molar-refractivity contribution in [2.24, 2.45) is 0 Å². The molecule has 104 valence electrons. The van der Waals surface area contributed by atoms with Gasteiger partial charge >= 0.3 is 0 Å². The number of rotatable bonds is 3. The molecule has 1 aromatic rings. The number of carbonyl (C=O) groups is 2. The zero-order valence-corrected chi connectivity index (χ0v) is 10.8. The van der Waals surface area contributed by atoms with Gasteiger partial charge in [-0.3, -0.25) is 9.59 Å². The topological polar surface area (TPSA) is 91.3 Å². The molecule has 0 aromatic carbocycles. The molecular formula is C14H15N3O3. The third kappa shape index (κ3) is 3.80. The lowest BCUT2D eigenvalue weighted by atomic mass is 10.2. The van der Waals surface area contributed by atoms with E-state index in [0.29, 0.717) is 24.9 Å². The summed E-state index contributed by atoms with van der Waals surface area (Å²) >= 11 is 0. The minimum absolute atomic E-state index is 0.0229. The first-order chi connectivity index (χ1) is 9.69. The third-order valence-electron chi connectivity index (χ3n) is 2.78. The average Bonchev–Trinajstić information content (AvgIpc) is 2.85. The largest absolute Gasteiger partial charge is 0.395 e. The van der Waals surface area contributed by atoms with E-state index >= 15 is 0 Å². The van der Waals surface area contributed by atoms with Gasteiger partial charge in [0.2, 0.25) is 5.91 Å². The van der Waals surface area contributed by atoms with Crippen molar-refractivity contribution in [1.29, 1.82) is 0 Å². The molecule has 0 spiro atoms. The fourth-order valence-corrected chi connectivity index (χ4v) is 1.79. The predicted molar refractivity (Wildman–Crippen MR) is 71.7 cm³/mol. The monoisotopic (exact) mass is 273 g/mol. The number of pyridine rings is 1. The van der Waals surface area contributed by atoms with Gasteiger partial charge in [0.15, 0.2) is 0 Å². The predicted octanol–water partition coefficient (Wildman–Crippen LogP) is -0.566. The third-order valence-corrected chi connectivity index (χ3v) is 2.78. The maximum atomic E-state index is 11.9. The van der Waals surface area contributed by atoms with Gasteiger partial charge in [0.05, 0.1) is 12.6 Å². The van der Waals surface area contributed by atoms with Crippen LogP contribution in [-0.4, -0.2) is 41.1 Å². The van der Waals surface area contributed by atoms with Crippen molar-refractivity contribution in [2.45, 2.75) is 18.9 Å². The number of carbonyl (C=O) groups excluding carboxylic acids is 2. The lowest BCUT2D eigenvalue weighted by molar-refractivity contribution is -0.119. The average molecular weight is 273 g/mol. The van der Waals surface area contributed by atoms with E-state index in [9.17, 15) is 9.59 Å². The van der Waals surface area contributed by atoms with Crippen LogP contribution in [0.15, 0.2) is 18.3 Å². The van der Waals surface area contributed by atoms with E-state index in [2.05, 4.69) is 27.5 Å². The molecular weight excluding hydrogens is 258 g/mol. The number of aliphatic hydroxyl groups excluding tert-OH is 1. The van der Waals surface area contributed by atoms with E-state index in [1.807, 2.05) is 0 Å². The first-order valence-corrected chi connectivity index (χ1v) is 6.32. The highest BCUT2D eigenvalue weighted by molar-refractivity contribution is 5.93. The van der Waals surface area contributed by atoms with E-state index in [1.54, 1.807) is 12.1 Å². The van der Waals surface area contributed by atoms with Gasteiger partial charge in [-0.2, -0.15) is 0 Å². The van der Waals surface area contributed by atoms with E-state index in [0.717, 1.165) is 0 Å². The quantitative estimate of drug-likeness (QED) is 0.643. The summed E-state index contributed by atoms with van der Waals surface area (Å²) in [6, 6.07) is 3.10. The summed E-state index contributed by atoms with van der Waals surface area (Å²) < 4.78 is 0. The fraction of sp³-hybridized carbons (Fsp3) is 0.357. The summed E-state index contributed by atoms with van der Waals surface area (Å²) in [7, 11) is 0. The van der Waals surface area contributed by atoms with Gasteiger partial charge in [-0.15, -0.1) is 0 Å². The molecule has 0 aliphatic carbocycles. The molecule has 2 rings (SSSR count). The van der Waals surface area contributed by atoms with Gasteiger partial charge in [0.25, 0.3) is 5.91 Å². The second-order valence-corrected chi connectivity index (χ2v) is 4.39. The SMILES string of the molecule is O=C1CC(NC(=O)c2ccc(C#CCCO)cn2)CN1. The minimum Gasteiger partial charge on any atom is -0.395 e. The van der Waals surface area contributed by atoms with Crippen molar-refractivity contribution >= 4 is 11.8 Å². The molecule has 3 N–H and O–H groups in total. The molecule has 1 aromatic heterocycles. The van der Waals surface area contributed by atoms with Gasteiger partial charge in [-0.1, -0.05) is 11.8 Å². The molecule has 0 bridgehead atoms. The Labute approximate surface area is 116 Å². The van der Waals surface area contributed by atoms with Crippen molar-refractivity contribution in [3.05, 3.63) is 29.6 Å². The van der Waals surface area contributed by atoms with Crippen LogP contribution >= 0.6 is 0 Å². The smallest absolute Gasteiger partial charge is 0.270 e. The Bertz CT molecular complexity index is 557. The molecule has 0 saturated carbocycles. The Morgan fingerprint density at radius 3 is 3.00 bits per heavy atom. The molecule has 1 aliphatic heterocycles. The number of aliphatic hydroxyl groups is 1. The van der Waals surface area contributed by atoms with Crippen LogP contribution < -0.4 is 10.6 Å². The summed E-state index contributed by atoms with van der Waals surface area (Å²) in [4.78, 5) is 27.0. The van der Waals surface area contributed by atoms with Crippen molar-refractivity contribution in [3.8, 4) is 11.8 Å². The van der Waals surface area contributed by atoms with Gasteiger partial charge in [0.1, 0.15) is 5.69 Å². The molecule has 2 heterocycles. The molecule has 6 nitrogen and oxygen atoms in total. The second kappa shape index (κ2) is 6.68. The first-order valence-electron chi connectivity index (χ1n) is 6.32. The van der Waals surface area contributed by atoms with Crippen molar-refractivity contribution in [2.75, 3.05) is 13.2 Å². The second-order valence-electron chi connectivity index (χ2n) is 4.39. The first kappa shape index (κ1) is 14.0. The number of aromatic nitrogens is 1. The minimum atomic E-state index is -0.304. The van der Waals surface area contributed by atoms with Gasteiger partial charge in [-0.25, -0.2) is 4.98 Å². The lowest BCUT2D eigenvalue weighted by Crippen LogP contribution is -2.36. The molecule has 1 saturated heterocycles. The van der Waals surface area contributed by atoms with Crippen LogP contribution in [-0.2, 0) is 4.79 Å². The van der Waals surface area contributed by atoms with Gasteiger partial charge in [-0.05, 0) is 12.1 Å². The van der Waals surface area contributed by atoms with Crippen molar-refractivity contribution in [3.63, 3.8) is 0 Å². The van der Waals surface area contributed by atoms with E-state index in [-0.39, 0.29) is 30.2 Å². The van der Waals surface area contributed by atoms with Crippen LogP contribution in [0.25, 0.3) is 0 Å². The van der Waals surface area contributed by atoms with Crippen LogP contribution in [0.5, 0.6) is 0 Å². The number of hydrogen-bond donors (Lipinski definition) is 3. The fourth-order valence-electron chi connectivity index (χ4n) is 1.79. The normalized spacial score (nSPS) is 17.1. The van der Waals surface area contributed by atoms with E-state index < -0.39 is 0 Å². The summed E-state index contributed by atoms with van der Waals surface area (Å²) in [5.74, 6) is 5.25. The van der Waals surface area contributed by atoms with E-state index in [4.69, 9.17) is 5.11 Å². The number of amides is 2. The lowest BCUT2D eigenvalue weighted by Gasteiger charge is -2.09. The Balaban J connectivity index is 1.94. The summed E-state index contributed by atoms with van der Waals surface area (Å²) in [6.45, 7) is 0.477. The van der Waals surface area contributed by atoms with Crippen LogP contribution in [0.4, 0.5) is 0 Å². The number of nitrogens with one attached hydrogen (secondary N) is 2.